The molecule has 0 bridgehead atoms. The second kappa shape index (κ2) is 5.48. The van der Waals surface area contributed by atoms with E-state index in [0.717, 1.165) is 16.0 Å². The number of hydrogen-bond donors (Lipinski definition) is 1. The summed E-state index contributed by atoms with van der Waals surface area (Å²) in [6.45, 7) is 0. The van der Waals surface area contributed by atoms with Gasteiger partial charge in [-0.1, -0.05) is 64.8 Å². The summed E-state index contributed by atoms with van der Waals surface area (Å²) in [6, 6.07) is 16.9. The van der Waals surface area contributed by atoms with Crippen molar-refractivity contribution in [2.24, 2.45) is 5.73 Å². The second-order valence-corrected chi connectivity index (χ2v) is 6.15. The largest absolute Gasteiger partial charge is 0.320 e. The molecule has 0 amide bonds. The maximum Gasteiger partial charge on any atom is 0.0562 e. The Morgan fingerprint density at radius 1 is 1.00 bits per heavy atom. The highest BCUT2D eigenvalue weighted by Crippen LogP contribution is 2.37. The Balaban J connectivity index is 1.83. The average Bonchev–Trinajstić information content (AvgIpc) is 2.37. The topological polar surface area (TPSA) is 26.0 Å². The van der Waals surface area contributed by atoms with Gasteiger partial charge in [0, 0.05) is 4.47 Å². The van der Waals surface area contributed by atoms with E-state index in [9.17, 15) is 0 Å². The maximum absolute atomic E-state index is 6.36. The Hall–Kier alpha value is -1.12. The normalized spacial score (nSPS) is 16.9. The third-order valence-electron chi connectivity index (χ3n) is 4.11. The summed E-state index contributed by atoms with van der Waals surface area (Å²) in [5.41, 5.74) is 10.1. The van der Waals surface area contributed by atoms with Gasteiger partial charge in [0.05, 0.1) is 6.04 Å². The summed E-state index contributed by atoms with van der Waals surface area (Å²) in [4.78, 5) is 0. The van der Waals surface area contributed by atoms with E-state index in [4.69, 9.17) is 5.73 Å². The van der Waals surface area contributed by atoms with Gasteiger partial charge in [0.25, 0.3) is 0 Å². The van der Waals surface area contributed by atoms with Crippen LogP contribution in [0, 0.1) is 0 Å². The highest BCUT2D eigenvalue weighted by Gasteiger charge is 2.19. The van der Waals surface area contributed by atoms with E-state index in [-0.39, 0.29) is 6.04 Å². The minimum Gasteiger partial charge on any atom is -0.320 e. The first kappa shape index (κ1) is 12.9. The van der Waals surface area contributed by atoms with E-state index < -0.39 is 0 Å². The molecule has 3 rings (SSSR count). The lowest BCUT2D eigenvalue weighted by Crippen LogP contribution is -2.13. The van der Waals surface area contributed by atoms with E-state index in [0.29, 0.717) is 0 Å². The van der Waals surface area contributed by atoms with Gasteiger partial charge in [-0.25, -0.2) is 0 Å². The Morgan fingerprint density at radius 3 is 2.26 bits per heavy atom. The van der Waals surface area contributed by atoms with Crippen LogP contribution >= 0.6 is 15.9 Å². The van der Waals surface area contributed by atoms with Gasteiger partial charge in [-0.05, 0) is 41.5 Å². The molecule has 0 radical (unpaired) electrons. The molecule has 2 N–H and O–H groups in total. The third kappa shape index (κ3) is 2.60. The zero-order valence-electron chi connectivity index (χ0n) is 10.9. The van der Waals surface area contributed by atoms with E-state index in [2.05, 4.69) is 46.3 Å². The fourth-order valence-corrected chi connectivity index (χ4v) is 3.16. The average molecular weight is 316 g/mol. The zero-order chi connectivity index (χ0) is 13.2. The lowest BCUT2D eigenvalue weighted by molar-refractivity contribution is 0.419. The van der Waals surface area contributed by atoms with Crippen LogP contribution in [0.2, 0.25) is 0 Å². The maximum atomic E-state index is 6.36. The van der Waals surface area contributed by atoms with Crippen molar-refractivity contribution in [2.45, 2.75) is 31.2 Å². The molecule has 1 unspecified atom stereocenters. The molecule has 98 valence electrons. The number of nitrogens with two attached hydrogens (primary N) is 1. The summed E-state index contributed by atoms with van der Waals surface area (Å²) >= 11 is 3.57. The Morgan fingerprint density at radius 2 is 1.68 bits per heavy atom. The van der Waals surface area contributed by atoms with Gasteiger partial charge in [0.1, 0.15) is 0 Å². The van der Waals surface area contributed by atoms with Crippen LogP contribution in [0.25, 0.3) is 0 Å². The SMILES string of the molecule is NC(c1ccc(C2CCC2)cc1)c1ccccc1Br. The first-order chi connectivity index (χ1) is 9.25. The molecule has 0 heterocycles. The minimum absolute atomic E-state index is 0.0639. The highest BCUT2D eigenvalue weighted by molar-refractivity contribution is 9.10. The van der Waals surface area contributed by atoms with Crippen molar-refractivity contribution in [3.8, 4) is 0 Å². The molecule has 1 atom stereocenters. The van der Waals surface area contributed by atoms with Gasteiger partial charge in [-0.2, -0.15) is 0 Å². The molecule has 0 spiro atoms. The van der Waals surface area contributed by atoms with E-state index in [1.165, 1.54) is 30.4 Å². The quantitative estimate of drug-likeness (QED) is 0.867. The lowest BCUT2D eigenvalue weighted by atomic mass is 9.79. The van der Waals surface area contributed by atoms with Gasteiger partial charge < -0.3 is 5.73 Å². The van der Waals surface area contributed by atoms with E-state index in [1.807, 2.05) is 18.2 Å². The van der Waals surface area contributed by atoms with Crippen molar-refractivity contribution in [1.82, 2.24) is 0 Å². The van der Waals surface area contributed by atoms with Crippen LogP contribution in [0.3, 0.4) is 0 Å². The van der Waals surface area contributed by atoms with Crippen LogP contribution in [-0.4, -0.2) is 0 Å². The van der Waals surface area contributed by atoms with Crippen LogP contribution in [0.15, 0.2) is 53.0 Å². The molecule has 0 aliphatic heterocycles. The van der Waals surface area contributed by atoms with Crippen molar-refractivity contribution in [1.29, 1.82) is 0 Å². The van der Waals surface area contributed by atoms with Crippen LogP contribution in [0.1, 0.15) is 47.9 Å². The number of halogens is 1. The fraction of sp³-hybridized carbons (Fsp3) is 0.294. The molecule has 2 heteroatoms. The lowest BCUT2D eigenvalue weighted by Gasteiger charge is -2.26. The Bertz CT molecular complexity index is 558. The van der Waals surface area contributed by atoms with Crippen LogP contribution in [0.4, 0.5) is 0 Å². The summed E-state index contributed by atoms with van der Waals surface area (Å²) < 4.78 is 1.07. The third-order valence-corrected chi connectivity index (χ3v) is 4.83. The van der Waals surface area contributed by atoms with Gasteiger partial charge in [-0.15, -0.1) is 0 Å². The van der Waals surface area contributed by atoms with Crippen LogP contribution in [-0.2, 0) is 0 Å². The first-order valence-electron chi connectivity index (χ1n) is 6.85. The van der Waals surface area contributed by atoms with Gasteiger partial charge >= 0.3 is 0 Å². The number of rotatable bonds is 3. The molecular weight excluding hydrogens is 298 g/mol. The predicted molar refractivity (Wildman–Crippen MR) is 83.2 cm³/mol. The summed E-state index contributed by atoms with van der Waals surface area (Å²) in [6.07, 6.45) is 4.06. The first-order valence-corrected chi connectivity index (χ1v) is 7.65. The number of hydrogen-bond acceptors (Lipinski definition) is 1. The predicted octanol–water partition coefficient (Wildman–Crippen LogP) is 4.76. The molecule has 1 aliphatic carbocycles. The van der Waals surface area contributed by atoms with Crippen molar-refractivity contribution in [3.05, 3.63) is 69.7 Å². The Labute approximate surface area is 123 Å². The number of benzene rings is 2. The van der Waals surface area contributed by atoms with Crippen LogP contribution in [0.5, 0.6) is 0 Å². The van der Waals surface area contributed by atoms with Crippen LogP contribution < -0.4 is 5.73 Å². The van der Waals surface area contributed by atoms with Crippen molar-refractivity contribution in [3.63, 3.8) is 0 Å². The second-order valence-electron chi connectivity index (χ2n) is 5.29. The molecule has 0 saturated heterocycles. The molecule has 1 aliphatic rings. The zero-order valence-corrected chi connectivity index (χ0v) is 12.4. The molecule has 0 aromatic heterocycles. The van der Waals surface area contributed by atoms with Gasteiger partial charge in [-0.3, -0.25) is 0 Å². The minimum atomic E-state index is -0.0639. The smallest absolute Gasteiger partial charge is 0.0562 e. The van der Waals surface area contributed by atoms with Gasteiger partial charge in [0.15, 0.2) is 0 Å². The van der Waals surface area contributed by atoms with Crippen molar-refractivity contribution >= 4 is 15.9 Å². The monoisotopic (exact) mass is 315 g/mol. The standard InChI is InChI=1S/C17H18BrN/c18-16-7-2-1-6-15(16)17(19)14-10-8-13(9-11-14)12-4-3-5-12/h1-2,6-12,17H,3-5,19H2. The summed E-state index contributed by atoms with van der Waals surface area (Å²) in [7, 11) is 0. The van der Waals surface area contributed by atoms with Crippen molar-refractivity contribution in [2.75, 3.05) is 0 Å². The van der Waals surface area contributed by atoms with E-state index in [1.54, 1.807) is 0 Å². The molecule has 2 aromatic rings. The summed E-state index contributed by atoms with van der Waals surface area (Å²) in [5.74, 6) is 0.786. The van der Waals surface area contributed by atoms with Gasteiger partial charge in [0.2, 0.25) is 0 Å². The molecule has 1 saturated carbocycles. The molecule has 1 nitrogen and oxygen atoms in total. The fourth-order valence-electron chi connectivity index (χ4n) is 2.62. The Kier molecular flexibility index (Phi) is 3.72. The summed E-state index contributed by atoms with van der Waals surface area (Å²) in [5, 5.41) is 0. The molecule has 19 heavy (non-hydrogen) atoms. The molecule has 1 fully saturated rings. The highest BCUT2D eigenvalue weighted by atomic mass is 79.9. The molecular formula is C17H18BrN. The van der Waals surface area contributed by atoms with Crippen molar-refractivity contribution < 1.29 is 0 Å². The van der Waals surface area contributed by atoms with E-state index >= 15 is 0 Å². The molecule has 2 aromatic carbocycles.